The van der Waals surface area contributed by atoms with Crippen molar-refractivity contribution < 1.29 is 9.13 Å². The molecule has 1 unspecified atom stereocenters. The summed E-state index contributed by atoms with van der Waals surface area (Å²) in [6, 6.07) is 6.92. The van der Waals surface area contributed by atoms with Crippen molar-refractivity contribution in [2.75, 3.05) is 23.8 Å². The van der Waals surface area contributed by atoms with Crippen LogP contribution in [-0.2, 0) is 4.74 Å². The third-order valence-corrected chi connectivity index (χ3v) is 5.29. The molecule has 1 fully saturated rings. The topological polar surface area (TPSA) is 72.0 Å². The number of benzene rings is 1. The summed E-state index contributed by atoms with van der Waals surface area (Å²) < 4.78 is 19.8. The lowest BCUT2D eigenvalue weighted by atomic mass is 10.2. The first-order valence-electron chi connectivity index (χ1n) is 8.85. The van der Waals surface area contributed by atoms with Gasteiger partial charge in [0.2, 0.25) is 5.13 Å². The monoisotopic (exact) mass is 385 g/mol. The molecule has 0 saturated carbocycles. The van der Waals surface area contributed by atoms with E-state index in [-0.39, 0.29) is 11.9 Å². The van der Waals surface area contributed by atoms with Crippen LogP contribution in [0.25, 0.3) is 10.6 Å². The highest BCUT2D eigenvalue weighted by Crippen LogP contribution is 2.33. The van der Waals surface area contributed by atoms with E-state index in [1.165, 1.54) is 17.4 Å². The molecular weight excluding hydrogens is 365 g/mol. The summed E-state index contributed by atoms with van der Waals surface area (Å²) in [6.45, 7) is 3.41. The molecule has 140 valence electrons. The van der Waals surface area contributed by atoms with Crippen LogP contribution in [0.15, 0.2) is 36.7 Å². The van der Waals surface area contributed by atoms with Crippen LogP contribution in [0.5, 0.6) is 0 Å². The third-order valence-electron chi connectivity index (χ3n) is 4.38. The zero-order chi connectivity index (χ0) is 18.6. The van der Waals surface area contributed by atoms with Gasteiger partial charge in [-0.15, -0.1) is 10.2 Å². The maximum Gasteiger partial charge on any atom is 0.206 e. The van der Waals surface area contributed by atoms with Gasteiger partial charge in [-0.2, -0.15) is 0 Å². The highest BCUT2D eigenvalue weighted by atomic mass is 32.1. The fourth-order valence-electron chi connectivity index (χ4n) is 2.96. The molecule has 0 radical (unpaired) electrons. The van der Waals surface area contributed by atoms with Crippen molar-refractivity contribution in [3.63, 3.8) is 0 Å². The number of aryl methyl sites for hydroxylation is 1. The Labute approximate surface area is 160 Å². The maximum absolute atomic E-state index is 14.2. The maximum atomic E-state index is 14.2. The SMILES string of the molecule is Cc1ccc(Nc2cnccc2-c2nnc(NCC3CCCO3)s2)c(F)c1. The van der Waals surface area contributed by atoms with E-state index in [9.17, 15) is 4.39 Å². The van der Waals surface area contributed by atoms with Crippen molar-refractivity contribution in [2.24, 2.45) is 0 Å². The zero-order valence-electron chi connectivity index (χ0n) is 14.9. The Morgan fingerprint density at radius 1 is 1.26 bits per heavy atom. The minimum atomic E-state index is -0.305. The van der Waals surface area contributed by atoms with Crippen LogP contribution in [0.3, 0.4) is 0 Å². The van der Waals surface area contributed by atoms with E-state index < -0.39 is 0 Å². The van der Waals surface area contributed by atoms with E-state index >= 15 is 0 Å². The van der Waals surface area contributed by atoms with Gasteiger partial charge in [-0.25, -0.2) is 4.39 Å². The van der Waals surface area contributed by atoms with Crippen LogP contribution in [-0.4, -0.2) is 34.4 Å². The quantitative estimate of drug-likeness (QED) is 0.656. The van der Waals surface area contributed by atoms with Crippen molar-refractivity contribution in [3.05, 3.63) is 48.0 Å². The molecule has 1 saturated heterocycles. The van der Waals surface area contributed by atoms with Crippen LogP contribution in [0, 0.1) is 12.7 Å². The molecule has 1 aliphatic rings. The smallest absolute Gasteiger partial charge is 0.206 e. The number of hydrogen-bond acceptors (Lipinski definition) is 7. The van der Waals surface area contributed by atoms with E-state index in [4.69, 9.17) is 4.74 Å². The van der Waals surface area contributed by atoms with Gasteiger partial charge in [-0.1, -0.05) is 17.4 Å². The second-order valence-electron chi connectivity index (χ2n) is 6.46. The fourth-order valence-corrected chi connectivity index (χ4v) is 3.75. The predicted octanol–water partition coefficient (Wildman–Crippen LogP) is 4.38. The first-order chi connectivity index (χ1) is 13.2. The molecule has 2 aromatic heterocycles. The summed E-state index contributed by atoms with van der Waals surface area (Å²) in [7, 11) is 0. The standard InChI is InChI=1S/C19H20FN5OS/c1-12-4-5-16(15(20)9-12)23-17-11-21-7-6-14(17)18-24-25-19(27-18)22-10-13-3-2-8-26-13/h4-7,9,11,13,23H,2-3,8,10H2,1H3,(H,22,25). The van der Waals surface area contributed by atoms with Crippen molar-refractivity contribution >= 4 is 27.8 Å². The predicted molar refractivity (Wildman–Crippen MR) is 105 cm³/mol. The van der Waals surface area contributed by atoms with Gasteiger partial charge in [0.15, 0.2) is 5.01 Å². The van der Waals surface area contributed by atoms with Crippen molar-refractivity contribution in [1.82, 2.24) is 15.2 Å². The summed E-state index contributed by atoms with van der Waals surface area (Å²) >= 11 is 1.45. The van der Waals surface area contributed by atoms with E-state index in [1.54, 1.807) is 18.5 Å². The Bertz CT molecular complexity index is 926. The summed E-state index contributed by atoms with van der Waals surface area (Å²) in [5.74, 6) is -0.305. The lowest BCUT2D eigenvalue weighted by Gasteiger charge is -2.11. The van der Waals surface area contributed by atoms with Crippen LogP contribution >= 0.6 is 11.3 Å². The number of pyridine rings is 1. The van der Waals surface area contributed by atoms with Crippen LogP contribution < -0.4 is 10.6 Å². The first-order valence-corrected chi connectivity index (χ1v) is 9.67. The van der Waals surface area contributed by atoms with E-state index in [2.05, 4.69) is 25.8 Å². The molecule has 1 aliphatic heterocycles. The lowest BCUT2D eigenvalue weighted by molar-refractivity contribution is 0.120. The number of rotatable bonds is 6. The Hall–Kier alpha value is -2.58. The summed E-state index contributed by atoms with van der Waals surface area (Å²) in [5.41, 5.74) is 2.78. The largest absolute Gasteiger partial charge is 0.376 e. The van der Waals surface area contributed by atoms with Crippen molar-refractivity contribution in [2.45, 2.75) is 25.9 Å². The normalized spacial score (nSPS) is 16.4. The molecule has 27 heavy (non-hydrogen) atoms. The Morgan fingerprint density at radius 2 is 2.19 bits per heavy atom. The average molecular weight is 385 g/mol. The van der Waals surface area contributed by atoms with E-state index in [1.807, 2.05) is 19.1 Å². The van der Waals surface area contributed by atoms with E-state index in [0.29, 0.717) is 11.4 Å². The Morgan fingerprint density at radius 3 is 3.00 bits per heavy atom. The molecule has 2 N–H and O–H groups in total. The van der Waals surface area contributed by atoms with Gasteiger partial charge in [0.05, 0.1) is 23.7 Å². The summed E-state index contributed by atoms with van der Waals surface area (Å²) in [4.78, 5) is 4.15. The lowest BCUT2D eigenvalue weighted by Crippen LogP contribution is -2.18. The Kier molecular flexibility index (Phi) is 5.26. The van der Waals surface area contributed by atoms with Gasteiger partial charge in [-0.05, 0) is 43.5 Å². The number of anilines is 3. The summed E-state index contributed by atoms with van der Waals surface area (Å²) in [6.07, 6.45) is 5.76. The van der Waals surface area contributed by atoms with Crippen LogP contribution in [0.1, 0.15) is 18.4 Å². The second-order valence-corrected chi connectivity index (χ2v) is 7.44. The molecule has 6 nitrogen and oxygen atoms in total. The zero-order valence-corrected chi connectivity index (χ0v) is 15.7. The molecular formula is C19H20FN5OS. The number of halogens is 1. The number of ether oxygens (including phenoxy) is 1. The van der Waals surface area contributed by atoms with Crippen molar-refractivity contribution in [1.29, 1.82) is 0 Å². The molecule has 0 aliphatic carbocycles. The van der Waals surface area contributed by atoms with Gasteiger partial charge in [-0.3, -0.25) is 4.98 Å². The first kappa shape index (κ1) is 17.8. The fraction of sp³-hybridized carbons (Fsp3) is 0.316. The van der Waals surface area contributed by atoms with Gasteiger partial charge in [0.25, 0.3) is 0 Å². The minimum Gasteiger partial charge on any atom is -0.376 e. The highest BCUT2D eigenvalue weighted by molar-refractivity contribution is 7.18. The van der Waals surface area contributed by atoms with Gasteiger partial charge >= 0.3 is 0 Å². The molecule has 3 aromatic rings. The minimum absolute atomic E-state index is 0.236. The second kappa shape index (κ2) is 7.98. The Balaban J connectivity index is 1.52. The molecule has 0 bridgehead atoms. The molecule has 8 heteroatoms. The van der Waals surface area contributed by atoms with Gasteiger partial charge in [0, 0.05) is 24.9 Å². The highest BCUT2D eigenvalue weighted by Gasteiger charge is 2.17. The number of aromatic nitrogens is 3. The molecule has 3 heterocycles. The molecule has 4 rings (SSSR count). The number of nitrogens with zero attached hydrogens (tertiary/aromatic N) is 3. The summed E-state index contributed by atoms with van der Waals surface area (Å²) in [5, 5.41) is 16.4. The third kappa shape index (κ3) is 4.23. The van der Waals surface area contributed by atoms with Crippen molar-refractivity contribution in [3.8, 4) is 10.6 Å². The number of hydrogen-bond donors (Lipinski definition) is 2. The average Bonchev–Trinajstić information content (AvgIpc) is 3.34. The number of nitrogens with one attached hydrogen (secondary N) is 2. The van der Waals surface area contributed by atoms with Gasteiger partial charge < -0.3 is 15.4 Å². The van der Waals surface area contributed by atoms with Crippen LogP contribution in [0.2, 0.25) is 0 Å². The molecule has 0 spiro atoms. The molecule has 1 aromatic carbocycles. The van der Waals surface area contributed by atoms with E-state index in [0.717, 1.165) is 47.3 Å². The molecule has 0 amide bonds. The van der Waals surface area contributed by atoms with Crippen LogP contribution in [0.4, 0.5) is 20.9 Å². The van der Waals surface area contributed by atoms with Gasteiger partial charge in [0.1, 0.15) is 5.82 Å². The molecule has 1 atom stereocenters.